The summed E-state index contributed by atoms with van der Waals surface area (Å²) >= 11 is 0. The van der Waals surface area contributed by atoms with Crippen LogP contribution in [0.25, 0.3) is 0 Å². The van der Waals surface area contributed by atoms with Gasteiger partial charge in [0.1, 0.15) is 0 Å². The molecule has 2 amide bonds. The van der Waals surface area contributed by atoms with Gasteiger partial charge >= 0.3 is 13.3 Å². The Labute approximate surface area is 99.4 Å². The lowest BCUT2D eigenvalue weighted by Gasteiger charge is -2.19. The molecule has 0 radical (unpaired) electrons. The van der Waals surface area contributed by atoms with Crippen LogP contribution in [0.4, 0.5) is 22.1 Å². The van der Waals surface area contributed by atoms with Crippen LogP contribution in [0.3, 0.4) is 0 Å². The van der Waals surface area contributed by atoms with Crippen molar-refractivity contribution in [1.82, 2.24) is 4.90 Å². The molecule has 0 heterocycles. The molecule has 0 aliphatic carbocycles. The first kappa shape index (κ1) is 18.4. The van der Waals surface area contributed by atoms with Crippen LogP contribution in [0.5, 0.6) is 0 Å². The number of halogens is 4. The SMILES string of the molecule is CCCCN(CCCC)C(N)=O.F[B-](F)(F)F. The summed E-state index contributed by atoms with van der Waals surface area (Å²) in [6.45, 7) is 5.84. The van der Waals surface area contributed by atoms with Gasteiger partial charge in [-0.2, -0.15) is 0 Å². The van der Waals surface area contributed by atoms with Crippen molar-refractivity contribution in [3.05, 3.63) is 0 Å². The van der Waals surface area contributed by atoms with Gasteiger partial charge in [-0.25, -0.2) is 4.79 Å². The predicted octanol–water partition coefficient (Wildman–Crippen LogP) is 3.27. The number of primary amides is 1. The van der Waals surface area contributed by atoms with E-state index in [-0.39, 0.29) is 6.03 Å². The van der Waals surface area contributed by atoms with E-state index in [0.29, 0.717) is 0 Å². The highest BCUT2D eigenvalue weighted by atomic mass is 19.5. The lowest BCUT2D eigenvalue weighted by atomic mass is 10.3. The summed E-state index contributed by atoms with van der Waals surface area (Å²) in [7, 11) is -6.00. The molecule has 0 aromatic carbocycles. The molecule has 0 aromatic heterocycles. The molecule has 2 N–H and O–H groups in total. The Hall–Kier alpha value is -0.945. The number of unbranched alkanes of at least 4 members (excludes halogenated alkanes) is 2. The fourth-order valence-corrected chi connectivity index (χ4v) is 1.03. The maximum Gasteiger partial charge on any atom is 0.673 e. The minimum Gasteiger partial charge on any atom is -0.418 e. The molecule has 0 aliphatic heterocycles. The monoisotopic (exact) mass is 259 g/mol. The third-order valence-corrected chi connectivity index (χ3v) is 1.87. The van der Waals surface area contributed by atoms with Crippen LogP contribution < -0.4 is 5.73 Å². The molecule has 0 rings (SSSR count). The van der Waals surface area contributed by atoms with Crippen LogP contribution in [-0.4, -0.2) is 31.3 Å². The molecule has 0 saturated heterocycles. The fraction of sp³-hybridized carbons (Fsp3) is 0.889. The minimum atomic E-state index is -6.00. The van der Waals surface area contributed by atoms with Crippen molar-refractivity contribution in [1.29, 1.82) is 0 Å². The Balaban J connectivity index is 0. The lowest BCUT2D eigenvalue weighted by Crippen LogP contribution is -2.37. The Bertz CT molecular complexity index is 188. The number of rotatable bonds is 6. The zero-order valence-electron chi connectivity index (χ0n) is 10.3. The number of nitrogens with two attached hydrogens (primary N) is 1. The van der Waals surface area contributed by atoms with Crippen molar-refractivity contribution in [3.8, 4) is 0 Å². The maximum absolute atomic E-state index is 10.9. The van der Waals surface area contributed by atoms with Gasteiger partial charge < -0.3 is 27.9 Å². The summed E-state index contributed by atoms with van der Waals surface area (Å²) in [5, 5.41) is 0. The van der Waals surface area contributed by atoms with Gasteiger partial charge in [-0.1, -0.05) is 26.7 Å². The van der Waals surface area contributed by atoms with Gasteiger partial charge in [-0.3, -0.25) is 0 Å². The van der Waals surface area contributed by atoms with Gasteiger partial charge in [0.05, 0.1) is 0 Å². The number of hydrogen-bond acceptors (Lipinski definition) is 1. The second-order valence-electron chi connectivity index (χ2n) is 3.53. The summed E-state index contributed by atoms with van der Waals surface area (Å²) < 4.78 is 39.0. The van der Waals surface area contributed by atoms with Gasteiger partial charge in [-0.05, 0) is 12.8 Å². The van der Waals surface area contributed by atoms with Gasteiger partial charge in [-0.15, -0.1) is 0 Å². The van der Waals surface area contributed by atoms with Gasteiger partial charge in [0.15, 0.2) is 0 Å². The van der Waals surface area contributed by atoms with Crippen molar-refractivity contribution in [2.45, 2.75) is 39.5 Å². The molecule has 0 aromatic rings. The Morgan fingerprint density at radius 1 is 1.06 bits per heavy atom. The zero-order chi connectivity index (χ0) is 13.9. The number of amides is 2. The smallest absolute Gasteiger partial charge is 0.418 e. The van der Waals surface area contributed by atoms with Crippen LogP contribution in [0, 0.1) is 0 Å². The molecule has 0 unspecified atom stereocenters. The second-order valence-corrected chi connectivity index (χ2v) is 3.53. The largest absolute Gasteiger partial charge is 0.673 e. The van der Waals surface area contributed by atoms with Crippen LogP contribution in [0.1, 0.15) is 39.5 Å². The molecule has 104 valence electrons. The third-order valence-electron chi connectivity index (χ3n) is 1.87. The molecule has 0 spiro atoms. The van der Waals surface area contributed by atoms with Gasteiger partial charge in [0, 0.05) is 13.1 Å². The maximum atomic E-state index is 10.9. The fourth-order valence-electron chi connectivity index (χ4n) is 1.03. The van der Waals surface area contributed by atoms with E-state index in [2.05, 4.69) is 13.8 Å². The van der Waals surface area contributed by atoms with Crippen molar-refractivity contribution < 1.29 is 22.1 Å². The summed E-state index contributed by atoms with van der Waals surface area (Å²) in [6, 6.07) is -0.281. The van der Waals surface area contributed by atoms with Gasteiger partial charge in [0.2, 0.25) is 0 Å². The molecule has 0 bridgehead atoms. The van der Waals surface area contributed by atoms with E-state index in [1.165, 1.54) is 0 Å². The Morgan fingerprint density at radius 2 is 1.35 bits per heavy atom. The average molecular weight is 259 g/mol. The first-order valence-corrected chi connectivity index (χ1v) is 5.64. The van der Waals surface area contributed by atoms with Crippen LogP contribution in [0.15, 0.2) is 0 Å². The Kier molecular flexibility index (Phi) is 11.1. The second kappa shape index (κ2) is 10.2. The Morgan fingerprint density at radius 3 is 1.53 bits per heavy atom. The van der Waals surface area contributed by atoms with E-state index in [1.807, 2.05) is 0 Å². The number of urea groups is 1. The highest BCUT2D eigenvalue weighted by Gasteiger charge is 2.20. The molecule has 17 heavy (non-hydrogen) atoms. The molecule has 0 atom stereocenters. The van der Waals surface area contributed by atoms with E-state index in [9.17, 15) is 22.1 Å². The summed E-state index contributed by atoms with van der Waals surface area (Å²) in [5.74, 6) is 0. The quantitative estimate of drug-likeness (QED) is 0.577. The van der Waals surface area contributed by atoms with E-state index in [0.717, 1.165) is 38.8 Å². The summed E-state index contributed by atoms with van der Waals surface area (Å²) in [4.78, 5) is 12.6. The minimum absolute atomic E-state index is 0.281. The molecule has 0 saturated carbocycles. The first-order chi connectivity index (χ1) is 7.72. The lowest BCUT2D eigenvalue weighted by molar-refractivity contribution is 0.205. The van der Waals surface area contributed by atoms with E-state index < -0.39 is 7.25 Å². The molecule has 0 fully saturated rings. The zero-order valence-corrected chi connectivity index (χ0v) is 10.3. The normalized spacial score (nSPS) is 10.5. The van der Waals surface area contributed by atoms with Crippen molar-refractivity contribution in [2.24, 2.45) is 5.73 Å². The average Bonchev–Trinajstić information content (AvgIpc) is 2.15. The number of nitrogens with zero attached hydrogens (tertiary/aromatic N) is 1. The molecule has 8 heteroatoms. The van der Waals surface area contributed by atoms with E-state index >= 15 is 0 Å². The summed E-state index contributed by atoms with van der Waals surface area (Å²) in [6.07, 6.45) is 4.31. The van der Waals surface area contributed by atoms with Crippen LogP contribution in [-0.2, 0) is 0 Å². The topological polar surface area (TPSA) is 46.3 Å². The number of carbonyl (C=O) groups is 1. The highest BCUT2D eigenvalue weighted by molar-refractivity contribution is 6.50. The predicted molar refractivity (Wildman–Crippen MR) is 61.2 cm³/mol. The molecule has 3 nitrogen and oxygen atoms in total. The van der Waals surface area contributed by atoms with Crippen molar-refractivity contribution >= 4 is 13.3 Å². The standard InChI is InChI=1S/C9H20N2O.BF4/c1-3-5-7-11(9(10)12)8-6-4-2;2-1(3,4)5/h3-8H2,1-2H3,(H2,10,12);/q;-1. The van der Waals surface area contributed by atoms with E-state index in [4.69, 9.17) is 5.73 Å². The van der Waals surface area contributed by atoms with Crippen LogP contribution >= 0.6 is 0 Å². The molecular formula is C9H20BF4N2O-. The molecule has 0 aliphatic rings. The first-order valence-electron chi connectivity index (χ1n) is 5.64. The van der Waals surface area contributed by atoms with Gasteiger partial charge in [0.25, 0.3) is 0 Å². The number of hydrogen-bond donors (Lipinski definition) is 1. The number of carbonyl (C=O) groups excluding carboxylic acids is 1. The third kappa shape index (κ3) is 21.0. The van der Waals surface area contributed by atoms with Crippen molar-refractivity contribution in [3.63, 3.8) is 0 Å². The summed E-state index contributed by atoms with van der Waals surface area (Å²) in [5.41, 5.74) is 5.21. The van der Waals surface area contributed by atoms with Crippen LogP contribution in [0.2, 0.25) is 0 Å². The molecular weight excluding hydrogens is 239 g/mol. The van der Waals surface area contributed by atoms with Crippen molar-refractivity contribution in [2.75, 3.05) is 13.1 Å². The highest BCUT2D eigenvalue weighted by Crippen LogP contribution is 2.06. The van der Waals surface area contributed by atoms with E-state index in [1.54, 1.807) is 4.90 Å².